The van der Waals surface area contributed by atoms with Gasteiger partial charge in [0, 0.05) is 10.9 Å². The predicted molar refractivity (Wildman–Crippen MR) is 77.0 cm³/mol. The van der Waals surface area contributed by atoms with Crippen molar-refractivity contribution in [2.75, 3.05) is 0 Å². The van der Waals surface area contributed by atoms with Gasteiger partial charge in [0.1, 0.15) is 11.5 Å². The SMILES string of the molecule is Cc1cc(CCl)ccc1Oc1cc(Cl)ccc1C. The van der Waals surface area contributed by atoms with Crippen LogP contribution in [0.2, 0.25) is 5.02 Å². The van der Waals surface area contributed by atoms with Crippen LogP contribution in [0.25, 0.3) is 0 Å². The quantitative estimate of drug-likeness (QED) is 0.676. The Kier molecular flexibility index (Phi) is 4.15. The second kappa shape index (κ2) is 5.64. The summed E-state index contributed by atoms with van der Waals surface area (Å²) in [6.07, 6.45) is 0. The number of rotatable bonds is 3. The summed E-state index contributed by atoms with van der Waals surface area (Å²) < 4.78 is 5.89. The number of ether oxygens (including phenoxy) is 1. The molecule has 94 valence electrons. The van der Waals surface area contributed by atoms with E-state index in [9.17, 15) is 0 Å². The normalized spacial score (nSPS) is 10.4. The monoisotopic (exact) mass is 280 g/mol. The van der Waals surface area contributed by atoms with E-state index in [-0.39, 0.29) is 0 Å². The molecule has 0 atom stereocenters. The van der Waals surface area contributed by atoms with Crippen LogP contribution in [0.3, 0.4) is 0 Å². The van der Waals surface area contributed by atoms with Gasteiger partial charge in [-0.15, -0.1) is 11.6 Å². The fourth-order valence-electron chi connectivity index (χ4n) is 1.71. The number of alkyl halides is 1. The summed E-state index contributed by atoms with van der Waals surface area (Å²) in [6, 6.07) is 11.6. The van der Waals surface area contributed by atoms with E-state index in [1.54, 1.807) is 0 Å². The highest BCUT2D eigenvalue weighted by atomic mass is 35.5. The van der Waals surface area contributed by atoms with Crippen molar-refractivity contribution in [3.8, 4) is 11.5 Å². The largest absolute Gasteiger partial charge is 0.457 e. The van der Waals surface area contributed by atoms with Gasteiger partial charge >= 0.3 is 0 Å². The molecule has 0 fully saturated rings. The van der Waals surface area contributed by atoms with Crippen LogP contribution in [0, 0.1) is 13.8 Å². The Balaban J connectivity index is 2.31. The Labute approximate surface area is 117 Å². The molecule has 2 aromatic carbocycles. The van der Waals surface area contributed by atoms with Crippen molar-refractivity contribution in [2.45, 2.75) is 19.7 Å². The van der Waals surface area contributed by atoms with Crippen molar-refractivity contribution in [2.24, 2.45) is 0 Å². The minimum Gasteiger partial charge on any atom is -0.457 e. The molecule has 0 aliphatic heterocycles. The number of hydrogen-bond donors (Lipinski definition) is 0. The maximum absolute atomic E-state index is 5.97. The van der Waals surface area contributed by atoms with Crippen LogP contribution in [-0.4, -0.2) is 0 Å². The van der Waals surface area contributed by atoms with Gasteiger partial charge in [-0.2, -0.15) is 0 Å². The third-order valence-corrected chi connectivity index (χ3v) is 3.31. The van der Waals surface area contributed by atoms with Crippen LogP contribution in [-0.2, 0) is 5.88 Å². The molecule has 0 spiro atoms. The van der Waals surface area contributed by atoms with Crippen molar-refractivity contribution in [1.29, 1.82) is 0 Å². The van der Waals surface area contributed by atoms with Crippen molar-refractivity contribution in [1.82, 2.24) is 0 Å². The van der Waals surface area contributed by atoms with E-state index < -0.39 is 0 Å². The Bertz CT molecular complexity index is 564. The maximum atomic E-state index is 5.97. The van der Waals surface area contributed by atoms with Gasteiger partial charge in [0.15, 0.2) is 0 Å². The Hall–Kier alpha value is -1.18. The van der Waals surface area contributed by atoms with Crippen molar-refractivity contribution < 1.29 is 4.74 Å². The smallest absolute Gasteiger partial charge is 0.131 e. The van der Waals surface area contributed by atoms with Crippen molar-refractivity contribution in [3.05, 3.63) is 58.1 Å². The highest BCUT2D eigenvalue weighted by Gasteiger charge is 2.05. The summed E-state index contributed by atoms with van der Waals surface area (Å²) in [5.74, 6) is 2.12. The molecule has 18 heavy (non-hydrogen) atoms. The van der Waals surface area contributed by atoms with E-state index in [2.05, 4.69) is 0 Å². The molecule has 2 aromatic rings. The summed E-state index contributed by atoms with van der Waals surface area (Å²) in [4.78, 5) is 0. The molecule has 0 unspecified atom stereocenters. The number of benzene rings is 2. The average Bonchev–Trinajstić information content (AvgIpc) is 2.36. The molecule has 0 radical (unpaired) electrons. The van der Waals surface area contributed by atoms with Crippen molar-refractivity contribution in [3.63, 3.8) is 0 Å². The molecule has 0 aromatic heterocycles. The fraction of sp³-hybridized carbons (Fsp3) is 0.200. The molecule has 0 heterocycles. The molecular formula is C15H14Cl2O. The van der Waals surface area contributed by atoms with Gasteiger partial charge in [0.25, 0.3) is 0 Å². The standard InChI is InChI=1S/C15H14Cl2O/c1-10-3-5-13(17)8-15(10)18-14-6-4-12(9-16)7-11(14)2/h3-8H,9H2,1-2H3. The Morgan fingerprint density at radius 3 is 2.39 bits per heavy atom. The molecule has 0 aliphatic carbocycles. The summed E-state index contributed by atoms with van der Waals surface area (Å²) in [5, 5.41) is 0.672. The minimum absolute atomic E-state index is 0.511. The number of halogens is 2. The summed E-state index contributed by atoms with van der Waals surface area (Å²) in [5.41, 5.74) is 3.21. The Morgan fingerprint density at radius 2 is 1.72 bits per heavy atom. The molecule has 3 heteroatoms. The highest BCUT2D eigenvalue weighted by molar-refractivity contribution is 6.30. The van der Waals surface area contributed by atoms with Crippen LogP contribution < -0.4 is 4.74 Å². The van der Waals surface area contributed by atoms with Crippen LogP contribution in [0.15, 0.2) is 36.4 Å². The van der Waals surface area contributed by atoms with E-state index in [1.807, 2.05) is 50.2 Å². The van der Waals surface area contributed by atoms with E-state index in [4.69, 9.17) is 27.9 Å². The summed E-state index contributed by atoms with van der Waals surface area (Å²) in [7, 11) is 0. The van der Waals surface area contributed by atoms with Gasteiger partial charge < -0.3 is 4.74 Å². The van der Waals surface area contributed by atoms with Gasteiger partial charge in [-0.05, 0) is 48.7 Å². The molecule has 0 N–H and O–H groups in total. The number of aryl methyl sites for hydroxylation is 2. The second-order valence-corrected chi connectivity index (χ2v) is 4.95. The first-order chi connectivity index (χ1) is 8.60. The topological polar surface area (TPSA) is 9.23 Å². The average molecular weight is 281 g/mol. The lowest BCUT2D eigenvalue weighted by Gasteiger charge is -2.12. The van der Waals surface area contributed by atoms with E-state index in [0.717, 1.165) is 28.2 Å². The number of hydrogen-bond acceptors (Lipinski definition) is 1. The first kappa shape index (κ1) is 13.3. The second-order valence-electron chi connectivity index (χ2n) is 4.25. The van der Waals surface area contributed by atoms with Gasteiger partial charge in [-0.3, -0.25) is 0 Å². The summed E-state index contributed by atoms with van der Waals surface area (Å²) >= 11 is 11.8. The third-order valence-electron chi connectivity index (χ3n) is 2.76. The predicted octanol–water partition coefficient (Wildman–Crippen LogP) is 5.49. The third kappa shape index (κ3) is 2.98. The van der Waals surface area contributed by atoms with Gasteiger partial charge in [-0.1, -0.05) is 29.8 Å². The van der Waals surface area contributed by atoms with Crippen LogP contribution >= 0.6 is 23.2 Å². The fourth-order valence-corrected chi connectivity index (χ4v) is 2.04. The lowest BCUT2D eigenvalue weighted by molar-refractivity contribution is 0.475. The molecule has 0 saturated carbocycles. The zero-order chi connectivity index (χ0) is 13.1. The zero-order valence-corrected chi connectivity index (χ0v) is 11.8. The lowest BCUT2D eigenvalue weighted by Crippen LogP contribution is -1.91. The zero-order valence-electron chi connectivity index (χ0n) is 10.3. The minimum atomic E-state index is 0.511. The van der Waals surface area contributed by atoms with Crippen molar-refractivity contribution >= 4 is 23.2 Å². The molecule has 1 nitrogen and oxygen atoms in total. The van der Waals surface area contributed by atoms with Gasteiger partial charge in [0.05, 0.1) is 0 Å². The van der Waals surface area contributed by atoms with Crippen LogP contribution in [0.1, 0.15) is 16.7 Å². The van der Waals surface area contributed by atoms with Gasteiger partial charge in [0.2, 0.25) is 0 Å². The van der Waals surface area contributed by atoms with E-state index in [1.165, 1.54) is 0 Å². The first-order valence-electron chi connectivity index (χ1n) is 5.69. The molecule has 0 bridgehead atoms. The van der Waals surface area contributed by atoms with Gasteiger partial charge in [-0.25, -0.2) is 0 Å². The van der Waals surface area contributed by atoms with E-state index >= 15 is 0 Å². The van der Waals surface area contributed by atoms with E-state index in [0.29, 0.717) is 10.9 Å². The highest BCUT2D eigenvalue weighted by Crippen LogP contribution is 2.30. The molecule has 0 amide bonds. The van der Waals surface area contributed by atoms with Crippen LogP contribution in [0.5, 0.6) is 11.5 Å². The maximum Gasteiger partial charge on any atom is 0.131 e. The lowest BCUT2D eigenvalue weighted by atomic mass is 10.1. The molecular weight excluding hydrogens is 267 g/mol. The van der Waals surface area contributed by atoms with Crippen LogP contribution in [0.4, 0.5) is 0 Å². The molecule has 0 aliphatic rings. The molecule has 2 rings (SSSR count). The first-order valence-corrected chi connectivity index (χ1v) is 6.61. The summed E-state index contributed by atoms with van der Waals surface area (Å²) in [6.45, 7) is 4.00. The Morgan fingerprint density at radius 1 is 0.944 bits per heavy atom. The molecule has 0 saturated heterocycles.